The predicted octanol–water partition coefficient (Wildman–Crippen LogP) is 2.23. The number of anilines is 2. The van der Waals surface area contributed by atoms with Gasteiger partial charge >= 0.3 is 5.97 Å². The monoisotopic (exact) mass is 319 g/mol. The minimum atomic E-state index is -0.647. The number of para-hydroxylation sites is 1. The second-order valence-electron chi connectivity index (χ2n) is 4.75. The highest BCUT2D eigenvalue weighted by atomic mass is 35.5. The maximum Gasteiger partial charge on any atom is 0.345 e. The van der Waals surface area contributed by atoms with Gasteiger partial charge in [-0.25, -0.2) is 9.78 Å². The van der Waals surface area contributed by atoms with Crippen LogP contribution < -0.4 is 10.5 Å². The largest absolute Gasteiger partial charge is 0.462 e. The first-order chi connectivity index (χ1) is 10.6. The topological polar surface area (TPSA) is 64.4 Å². The van der Waals surface area contributed by atoms with Crippen molar-refractivity contribution in [3.05, 3.63) is 51.4 Å². The van der Waals surface area contributed by atoms with Crippen LogP contribution in [0.15, 0.2) is 35.3 Å². The van der Waals surface area contributed by atoms with E-state index in [1.54, 1.807) is 13.0 Å². The summed E-state index contributed by atoms with van der Waals surface area (Å²) in [6.07, 6.45) is 1.27. The van der Waals surface area contributed by atoms with Gasteiger partial charge in [0.2, 0.25) is 5.95 Å². The minimum absolute atomic E-state index is 0.0494. The van der Waals surface area contributed by atoms with Crippen molar-refractivity contribution in [2.24, 2.45) is 0 Å². The molecule has 0 saturated carbocycles. The molecule has 1 aliphatic heterocycles. The lowest BCUT2D eigenvalue weighted by molar-refractivity contribution is 0.0523. The number of ether oxygens (including phenoxy) is 1. The summed E-state index contributed by atoms with van der Waals surface area (Å²) in [6, 6.07) is 7.36. The van der Waals surface area contributed by atoms with Gasteiger partial charge in [0.25, 0.3) is 5.56 Å². The highest BCUT2D eigenvalue weighted by Crippen LogP contribution is 2.32. The van der Waals surface area contributed by atoms with Gasteiger partial charge in [-0.05, 0) is 19.1 Å². The lowest BCUT2D eigenvalue weighted by Crippen LogP contribution is -2.27. The molecule has 0 radical (unpaired) electrons. The molecule has 3 rings (SSSR count). The number of halogens is 1. The summed E-state index contributed by atoms with van der Waals surface area (Å²) in [7, 11) is 0. The minimum Gasteiger partial charge on any atom is -0.462 e. The number of hydrogen-bond acceptors (Lipinski definition) is 5. The Morgan fingerprint density at radius 3 is 2.86 bits per heavy atom. The summed E-state index contributed by atoms with van der Waals surface area (Å²) in [5.41, 5.74) is 0.343. The van der Waals surface area contributed by atoms with Crippen LogP contribution in [0.25, 0.3) is 0 Å². The van der Waals surface area contributed by atoms with Crippen molar-refractivity contribution >= 4 is 29.2 Å². The van der Waals surface area contributed by atoms with Gasteiger partial charge in [-0.15, -0.1) is 0 Å². The molecule has 0 atom stereocenters. The fraction of sp³-hybridized carbons (Fsp3) is 0.267. The third-order valence-corrected chi connectivity index (χ3v) is 3.77. The summed E-state index contributed by atoms with van der Waals surface area (Å²) in [5.74, 6) is -0.169. The quantitative estimate of drug-likeness (QED) is 0.812. The van der Waals surface area contributed by atoms with E-state index in [1.807, 2.05) is 23.1 Å². The molecule has 0 fully saturated rings. The summed E-state index contributed by atoms with van der Waals surface area (Å²) in [6.45, 7) is 2.92. The highest BCUT2D eigenvalue weighted by molar-refractivity contribution is 6.33. The van der Waals surface area contributed by atoms with Crippen molar-refractivity contribution in [2.75, 3.05) is 18.1 Å². The zero-order valence-corrected chi connectivity index (χ0v) is 12.7. The fourth-order valence-electron chi connectivity index (χ4n) is 2.45. The normalized spacial score (nSPS) is 13.1. The van der Waals surface area contributed by atoms with Crippen LogP contribution in [0.2, 0.25) is 5.02 Å². The predicted molar refractivity (Wildman–Crippen MR) is 82.9 cm³/mol. The van der Waals surface area contributed by atoms with E-state index in [-0.39, 0.29) is 12.2 Å². The Bertz CT molecular complexity index is 788. The Kier molecular flexibility index (Phi) is 3.85. The Morgan fingerprint density at radius 2 is 2.14 bits per heavy atom. The lowest BCUT2D eigenvalue weighted by atomic mass is 10.3. The molecule has 0 unspecified atom stereocenters. The second-order valence-corrected chi connectivity index (χ2v) is 5.16. The van der Waals surface area contributed by atoms with E-state index in [2.05, 4.69) is 4.98 Å². The van der Waals surface area contributed by atoms with Gasteiger partial charge in [0.1, 0.15) is 5.56 Å². The first kappa shape index (κ1) is 14.6. The smallest absolute Gasteiger partial charge is 0.345 e. The molecule has 2 heterocycles. The number of esters is 1. The molecule has 22 heavy (non-hydrogen) atoms. The molecule has 0 N–H and O–H groups in total. The number of carbonyl (C=O) groups excluding carboxylic acids is 1. The zero-order valence-electron chi connectivity index (χ0n) is 12.0. The third kappa shape index (κ3) is 2.35. The van der Waals surface area contributed by atoms with Crippen molar-refractivity contribution in [2.45, 2.75) is 13.5 Å². The number of nitrogens with zero attached hydrogens (tertiary/aromatic N) is 3. The van der Waals surface area contributed by atoms with Crippen LogP contribution in [0, 0.1) is 0 Å². The van der Waals surface area contributed by atoms with Gasteiger partial charge in [0, 0.05) is 13.1 Å². The highest BCUT2D eigenvalue weighted by Gasteiger charge is 2.27. The number of hydrogen-bond donors (Lipinski definition) is 0. The van der Waals surface area contributed by atoms with Crippen molar-refractivity contribution in [3.8, 4) is 0 Å². The van der Waals surface area contributed by atoms with Gasteiger partial charge < -0.3 is 9.64 Å². The Labute approximate surface area is 131 Å². The molecular weight excluding hydrogens is 306 g/mol. The van der Waals surface area contributed by atoms with E-state index < -0.39 is 11.5 Å². The molecule has 1 aliphatic rings. The first-order valence-corrected chi connectivity index (χ1v) is 7.30. The summed E-state index contributed by atoms with van der Waals surface area (Å²) >= 11 is 6.20. The van der Waals surface area contributed by atoms with Crippen molar-refractivity contribution in [1.82, 2.24) is 9.55 Å². The molecule has 0 bridgehead atoms. The van der Waals surface area contributed by atoms with Crippen LogP contribution in [0.3, 0.4) is 0 Å². The number of carbonyl (C=O) groups is 1. The molecule has 1 aromatic heterocycles. The van der Waals surface area contributed by atoms with E-state index >= 15 is 0 Å². The zero-order chi connectivity index (χ0) is 15.7. The molecule has 0 spiro atoms. The molecule has 6 nitrogen and oxygen atoms in total. The molecule has 114 valence electrons. The molecule has 0 amide bonds. The number of aromatic nitrogens is 2. The molecule has 0 saturated heterocycles. The van der Waals surface area contributed by atoms with Crippen LogP contribution >= 0.6 is 11.6 Å². The van der Waals surface area contributed by atoms with Crippen LogP contribution in [0.1, 0.15) is 17.3 Å². The van der Waals surface area contributed by atoms with Gasteiger partial charge in [0.05, 0.1) is 23.5 Å². The standard InChI is InChI=1S/C15H14ClN3O3/c1-2-22-14(21)10-9-17-15-18(7-8-19(15)13(10)20)12-6-4-3-5-11(12)16/h3-6,9H,2,7-8H2,1H3. The molecule has 0 aliphatic carbocycles. The van der Waals surface area contributed by atoms with Gasteiger partial charge in [0.15, 0.2) is 0 Å². The summed E-state index contributed by atoms with van der Waals surface area (Å²) < 4.78 is 6.34. The maximum atomic E-state index is 12.4. The van der Waals surface area contributed by atoms with Gasteiger partial charge in [-0.3, -0.25) is 9.36 Å². The van der Waals surface area contributed by atoms with E-state index in [0.29, 0.717) is 24.1 Å². The van der Waals surface area contributed by atoms with Crippen LogP contribution in [0.5, 0.6) is 0 Å². The molecule has 1 aromatic carbocycles. The first-order valence-electron chi connectivity index (χ1n) is 6.92. The van der Waals surface area contributed by atoms with Crippen LogP contribution in [0.4, 0.5) is 11.6 Å². The summed E-state index contributed by atoms with van der Waals surface area (Å²) in [5, 5.41) is 0.583. The van der Waals surface area contributed by atoms with Crippen molar-refractivity contribution < 1.29 is 9.53 Å². The van der Waals surface area contributed by atoms with Crippen LogP contribution in [-0.2, 0) is 11.3 Å². The molecule has 7 heteroatoms. The average Bonchev–Trinajstić information content (AvgIpc) is 2.93. The number of fused-ring (bicyclic) bond motifs is 1. The second kappa shape index (κ2) is 5.81. The maximum absolute atomic E-state index is 12.4. The number of benzene rings is 1. The average molecular weight is 320 g/mol. The van der Waals surface area contributed by atoms with E-state index in [0.717, 1.165) is 5.69 Å². The van der Waals surface area contributed by atoms with E-state index in [4.69, 9.17) is 16.3 Å². The summed E-state index contributed by atoms with van der Waals surface area (Å²) in [4.78, 5) is 30.3. The van der Waals surface area contributed by atoms with Crippen LogP contribution in [-0.4, -0.2) is 28.7 Å². The third-order valence-electron chi connectivity index (χ3n) is 3.45. The van der Waals surface area contributed by atoms with E-state index in [1.165, 1.54) is 10.8 Å². The van der Waals surface area contributed by atoms with Crippen molar-refractivity contribution in [1.29, 1.82) is 0 Å². The van der Waals surface area contributed by atoms with Gasteiger partial charge in [-0.2, -0.15) is 0 Å². The molecule has 2 aromatic rings. The fourth-order valence-corrected chi connectivity index (χ4v) is 2.69. The lowest BCUT2D eigenvalue weighted by Gasteiger charge is -2.18. The Hall–Kier alpha value is -2.34. The number of rotatable bonds is 3. The SMILES string of the molecule is CCOC(=O)c1cnc2n(c1=O)CCN2c1ccccc1Cl. The van der Waals surface area contributed by atoms with Crippen molar-refractivity contribution in [3.63, 3.8) is 0 Å². The van der Waals surface area contributed by atoms with E-state index in [9.17, 15) is 9.59 Å². The van der Waals surface area contributed by atoms with Gasteiger partial charge in [-0.1, -0.05) is 23.7 Å². The Morgan fingerprint density at radius 1 is 1.36 bits per heavy atom. The molecular formula is C15H14ClN3O3. The Balaban J connectivity index is 2.04.